The van der Waals surface area contributed by atoms with Crippen LogP contribution in [0.4, 0.5) is 4.79 Å². The second-order valence-electron chi connectivity index (χ2n) is 6.15. The van der Waals surface area contributed by atoms with Gasteiger partial charge in [0.05, 0.1) is 11.8 Å². The number of hydrogen-bond acceptors (Lipinski definition) is 3. The van der Waals surface area contributed by atoms with E-state index in [-0.39, 0.29) is 30.9 Å². The van der Waals surface area contributed by atoms with Crippen LogP contribution in [0, 0.1) is 0 Å². The number of amides is 2. The van der Waals surface area contributed by atoms with Gasteiger partial charge < -0.3 is 10.6 Å². The van der Waals surface area contributed by atoms with Gasteiger partial charge in [0, 0.05) is 13.1 Å². The maximum atomic E-state index is 11.9. The van der Waals surface area contributed by atoms with E-state index in [0.29, 0.717) is 0 Å². The van der Waals surface area contributed by atoms with Gasteiger partial charge >= 0.3 is 6.03 Å². The molecule has 1 unspecified atom stereocenters. The highest BCUT2D eigenvalue weighted by molar-refractivity contribution is 7.89. The molecule has 24 heavy (non-hydrogen) atoms. The van der Waals surface area contributed by atoms with Crippen molar-refractivity contribution in [1.82, 2.24) is 15.4 Å². The second kappa shape index (κ2) is 8.48. The van der Waals surface area contributed by atoms with Crippen molar-refractivity contribution in [2.45, 2.75) is 45.6 Å². The fourth-order valence-electron chi connectivity index (χ4n) is 2.84. The predicted molar refractivity (Wildman–Crippen MR) is 95.5 cm³/mol. The molecule has 0 spiro atoms. The summed E-state index contributed by atoms with van der Waals surface area (Å²) < 4.78 is 25.0. The Morgan fingerprint density at radius 1 is 1.17 bits per heavy atom. The summed E-state index contributed by atoms with van der Waals surface area (Å²) in [6, 6.07) is 6.04. The van der Waals surface area contributed by atoms with E-state index in [1.54, 1.807) is 6.92 Å². The topological polar surface area (TPSA) is 87.3 Å². The van der Waals surface area contributed by atoms with Gasteiger partial charge in [0.1, 0.15) is 0 Å². The number of carbonyl (C=O) groups excluding carboxylic acids is 1. The number of carbonyl (C=O) groups is 1. The minimum absolute atomic E-state index is 0.0363. The van der Waals surface area contributed by atoms with Crippen LogP contribution >= 0.6 is 0 Å². The van der Waals surface area contributed by atoms with Crippen LogP contribution in [0.1, 0.15) is 49.4 Å². The average molecular weight is 353 g/mol. The summed E-state index contributed by atoms with van der Waals surface area (Å²) in [4.78, 5) is 11.9. The lowest BCUT2D eigenvalue weighted by atomic mass is 9.89. The summed E-state index contributed by atoms with van der Waals surface area (Å²) in [5, 5.41) is 5.55. The van der Waals surface area contributed by atoms with Crippen molar-refractivity contribution in [2.24, 2.45) is 0 Å². The number of benzene rings is 1. The molecule has 0 saturated carbocycles. The van der Waals surface area contributed by atoms with E-state index in [2.05, 4.69) is 33.6 Å². The van der Waals surface area contributed by atoms with Crippen LogP contribution in [0.5, 0.6) is 0 Å². The Morgan fingerprint density at radius 3 is 2.58 bits per heavy atom. The lowest BCUT2D eigenvalue weighted by Gasteiger charge is -2.20. The summed E-state index contributed by atoms with van der Waals surface area (Å²) >= 11 is 0. The van der Waals surface area contributed by atoms with Gasteiger partial charge in [-0.1, -0.05) is 18.2 Å². The lowest BCUT2D eigenvalue weighted by Crippen LogP contribution is -2.41. The third-order valence-corrected chi connectivity index (χ3v) is 5.74. The molecule has 0 bridgehead atoms. The molecule has 1 aliphatic carbocycles. The van der Waals surface area contributed by atoms with Crippen molar-refractivity contribution < 1.29 is 13.2 Å². The van der Waals surface area contributed by atoms with Gasteiger partial charge in [-0.2, -0.15) is 0 Å². The number of rotatable bonds is 7. The summed E-state index contributed by atoms with van der Waals surface area (Å²) in [7, 11) is -3.21. The van der Waals surface area contributed by atoms with E-state index >= 15 is 0 Å². The van der Waals surface area contributed by atoms with E-state index in [0.717, 1.165) is 18.4 Å². The zero-order chi connectivity index (χ0) is 17.6. The normalized spacial score (nSPS) is 15.4. The Hall–Kier alpha value is -1.60. The van der Waals surface area contributed by atoms with Crippen LogP contribution in [-0.4, -0.2) is 33.3 Å². The summed E-state index contributed by atoms with van der Waals surface area (Å²) in [6.45, 7) is 3.96. The first kappa shape index (κ1) is 18.7. The number of sulfonamides is 1. The van der Waals surface area contributed by atoms with E-state index in [9.17, 15) is 13.2 Å². The molecule has 0 heterocycles. The zero-order valence-electron chi connectivity index (χ0n) is 14.4. The van der Waals surface area contributed by atoms with Crippen molar-refractivity contribution in [3.05, 3.63) is 34.9 Å². The zero-order valence-corrected chi connectivity index (χ0v) is 15.2. The number of aryl methyl sites for hydroxylation is 2. The van der Waals surface area contributed by atoms with E-state index in [4.69, 9.17) is 0 Å². The largest absolute Gasteiger partial charge is 0.337 e. The van der Waals surface area contributed by atoms with Crippen molar-refractivity contribution in [3.8, 4) is 0 Å². The molecule has 0 aliphatic heterocycles. The molecule has 1 atom stereocenters. The first-order valence-electron chi connectivity index (χ1n) is 8.54. The summed E-state index contributed by atoms with van der Waals surface area (Å²) in [5.74, 6) is 0.0363. The predicted octanol–water partition coefficient (Wildman–Crippen LogP) is 1.86. The van der Waals surface area contributed by atoms with Gasteiger partial charge in [0.25, 0.3) is 0 Å². The van der Waals surface area contributed by atoms with Crippen molar-refractivity contribution in [2.75, 3.05) is 18.8 Å². The molecule has 0 aromatic heterocycles. The summed E-state index contributed by atoms with van der Waals surface area (Å²) in [6.07, 6.45) is 4.74. The Balaban J connectivity index is 1.79. The highest BCUT2D eigenvalue weighted by atomic mass is 32.2. The van der Waals surface area contributed by atoms with Crippen LogP contribution in [0.25, 0.3) is 0 Å². The van der Waals surface area contributed by atoms with Gasteiger partial charge in [-0.15, -0.1) is 0 Å². The molecular weight excluding hydrogens is 326 g/mol. The molecule has 1 aliphatic rings. The second-order valence-corrected chi connectivity index (χ2v) is 8.25. The molecule has 1 aromatic carbocycles. The number of nitrogens with one attached hydrogen (secondary N) is 3. The maximum absolute atomic E-state index is 11.9. The van der Waals surface area contributed by atoms with Crippen LogP contribution in [-0.2, 0) is 22.9 Å². The Kier molecular flexibility index (Phi) is 6.62. The maximum Gasteiger partial charge on any atom is 0.315 e. The molecule has 7 heteroatoms. The smallest absolute Gasteiger partial charge is 0.315 e. The SMILES string of the molecule is CCS(=O)(=O)NCCNC(=O)NC(C)c1ccc2c(c1)CCCC2. The van der Waals surface area contributed by atoms with Gasteiger partial charge in [0.15, 0.2) is 0 Å². The fourth-order valence-corrected chi connectivity index (χ4v) is 3.46. The molecule has 0 fully saturated rings. The Bertz CT molecular complexity index is 674. The van der Waals surface area contributed by atoms with Crippen molar-refractivity contribution in [1.29, 1.82) is 0 Å². The third-order valence-electron chi connectivity index (χ3n) is 4.33. The van der Waals surface area contributed by atoms with Crippen LogP contribution in [0.3, 0.4) is 0 Å². The molecule has 2 amide bonds. The number of urea groups is 1. The summed E-state index contributed by atoms with van der Waals surface area (Å²) in [5.41, 5.74) is 3.91. The minimum atomic E-state index is -3.21. The van der Waals surface area contributed by atoms with Crippen LogP contribution in [0.15, 0.2) is 18.2 Å². The number of hydrogen-bond donors (Lipinski definition) is 3. The molecule has 2 rings (SSSR count). The molecular formula is C17H27N3O3S. The lowest BCUT2D eigenvalue weighted by molar-refractivity contribution is 0.238. The first-order chi connectivity index (χ1) is 11.4. The van der Waals surface area contributed by atoms with Gasteiger partial charge in [0.2, 0.25) is 10.0 Å². The first-order valence-corrected chi connectivity index (χ1v) is 10.2. The van der Waals surface area contributed by atoms with Gasteiger partial charge in [-0.25, -0.2) is 17.9 Å². The van der Waals surface area contributed by atoms with E-state index < -0.39 is 10.0 Å². The van der Waals surface area contributed by atoms with Crippen LogP contribution in [0.2, 0.25) is 0 Å². The highest BCUT2D eigenvalue weighted by Gasteiger charge is 2.14. The van der Waals surface area contributed by atoms with Crippen molar-refractivity contribution in [3.63, 3.8) is 0 Å². The van der Waals surface area contributed by atoms with E-state index in [1.165, 1.54) is 24.0 Å². The van der Waals surface area contributed by atoms with Crippen molar-refractivity contribution >= 4 is 16.1 Å². The quantitative estimate of drug-likeness (QED) is 0.654. The minimum Gasteiger partial charge on any atom is -0.337 e. The molecule has 3 N–H and O–H groups in total. The molecule has 1 aromatic rings. The Labute approximate surface area is 144 Å². The average Bonchev–Trinajstić information content (AvgIpc) is 2.58. The molecule has 0 saturated heterocycles. The molecule has 0 radical (unpaired) electrons. The molecule has 134 valence electrons. The highest BCUT2D eigenvalue weighted by Crippen LogP contribution is 2.24. The standard InChI is InChI=1S/C17H27N3O3S/c1-3-24(22,23)19-11-10-18-17(21)20-13(2)15-9-8-14-6-4-5-7-16(14)12-15/h8-9,12-13,19H,3-7,10-11H2,1-2H3,(H2,18,20,21). The van der Waals surface area contributed by atoms with Crippen LogP contribution < -0.4 is 15.4 Å². The third kappa shape index (κ3) is 5.49. The van der Waals surface area contributed by atoms with Gasteiger partial charge in [-0.3, -0.25) is 0 Å². The van der Waals surface area contributed by atoms with Gasteiger partial charge in [-0.05, 0) is 56.2 Å². The van der Waals surface area contributed by atoms with E-state index in [1.807, 2.05) is 6.92 Å². The number of fused-ring (bicyclic) bond motifs is 1. The fraction of sp³-hybridized carbons (Fsp3) is 0.588. The monoisotopic (exact) mass is 353 g/mol. The molecule has 6 nitrogen and oxygen atoms in total. The Morgan fingerprint density at radius 2 is 1.88 bits per heavy atom.